The van der Waals surface area contributed by atoms with Gasteiger partial charge in [-0.2, -0.15) is 0 Å². The van der Waals surface area contributed by atoms with E-state index in [9.17, 15) is 4.79 Å². The van der Waals surface area contributed by atoms with E-state index >= 15 is 0 Å². The third-order valence-corrected chi connectivity index (χ3v) is 2.14. The molecule has 0 radical (unpaired) electrons. The van der Waals surface area contributed by atoms with Crippen molar-refractivity contribution in [3.63, 3.8) is 0 Å². The first kappa shape index (κ1) is 11.5. The quantitative estimate of drug-likeness (QED) is 0.427. The van der Waals surface area contributed by atoms with E-state index in [0.29, 0.717) is 17.7 Å². The molecule has 0 aliphatic rings. The number of benzene rings is 1. The summed E-state index contributed by atoms with van der Waals surface area (Å²) in [5, 5.41) is 0. The van der Waals surface area contributed by atoms with Crippen LogP contribution in [0.4, 0.5) is 0 Å². The van der Waals surface area contributed by atoms with Crippen LogP contribution in [0.1, 0.15) is 25.3 Å². The number of para-hydroxylation sites is 1. The monoisotopic (exact) mass is 204 g/mol. The molecule has 1 rings (SSSR count). The summed E-state index contributed by atoms with van der Waals surface area (Å²) in [6.07, 6.45) is 1.59. The maximum Gasteiger partial charge on any atom is 0.338 e. The minimum Gasteiger partial charge on any atom is -0.423 e. The molecule has 0 saturated heterocycles. The van der Waals surface area contributed by atoms with Gasteiger partial charge in [0.15, 0.2) is 0 Å². The molecule has 0 spiro atoms. The minimum atomic E-state index is -0.328. The third-order valence-electron chi connectivity index (χ3n) is 2.14. The molecule has 2 nitrogen and oxygen atoms in total. The fraction of sp³-hybridized carbons (Fsp3) is 0.308. The van der Waals surface area contributed by atoms with Gasteiger partial charge in [-0.15, -0.1) is 0 Å². The van der Waals surface area contributed by atoms with Crippen molar-refractivity contribution in [1.82, 2.24) is 0 Å². The fourth-order valence-electron chi connectivity index (χ4n) is 1.25. The lowest BCUT2D eigenvalue weighted by Gasteiger charge is -2.07. The Hall–Kier alpha value is -1.57. The van der Waals surface area contributed by atoms with Gasteiger partial charge in [0.2, 0.25) is 0 Å². The molecule has 0 amide bonds. The van der Waals surface area contributed by atoms with Gasteiger partial charge in [0.05, 0.1) is 0 Å². The van der Waals surface area contributed by atoms with Crippen LogP contribution in [0, 0.1) is 6.92 Å². The van der Waals surface area contributed by atoms with Crippen molar-refractivity contribution in [2.24, 2.45) is 0 Å². The lowest BCUT2D eigenvalue weighted by molar-refractivity contribution is -0.130. The van der Waals surface area contributed by atoms with Gasteiger partial charge in [0.1, 0.15) is 5.75 Å². The number of carbonyl (C=O) groups excluding carboxylic acids is 1. The van der Waals surface area contributed by atoms with Gasteiger partial charge in [-0.3, -0.25) is 0 Å². The number of esters is 1. The SMILES string of the molecule is C=C(CCC)C(=O)Oc1ccccc1C. The summed E-state index contributed by atoms with van der Waals surface area (Å²) in [7, 11) is 0. The third kappa shape index (κ3) is 3.24. The average Bonchev–Trinajstić information content (AvgIpc) is 2.21. The van der Waals surface area contributed by atoms with Crippen molar-refractivity contribution in [2.75, 3.05) is 0 Å². The van der Waals surface area contributed by atoms with Crippen LogP contribution in [0.3, 0.4) is 0 Å². The van der Waals surface area contributed by atoms with Crippen LogP contribution < -0.4 is 4.74 Å². The molecule has 0 saturated carbocycles. The van der Waals surface area contributed by atoms with Crippen molar-refractivity contribution in [3.8, 4) is 5.75 Å². The van der Waals surface area contributed by atoms with E-state index in [1.54, 1.807) is 6.07 Å². The average molecular weight is 204 g/mol. The van der Waals surface area contributed by atoms with E-state index in [0.717, 1.165) is 12.0 Å². The summed E-state index contributed by atoms with van der Waals surface area (Å²) >= 11 is 0. The van der Waals surface area contributed by atoms with E-state index < -0.39 is 0 Å². The predicted molar refractivity (Wildman–Crippen MR) is 60.9 cm³/mol. The van der Waals surface area contributed by atoms with E-state index in [4.69, 9.17) is 4.74 Å². The molecule has 0 fully saturated rings. The van der Waals surface area contributed by atoms with Gasteiger partial charge >= 0.3 is 5.97 Å². The second-order valence-corrected chi connectivity index (χ2v) is 3.51. The van der Waals surface area contributed by atoms with Crippen LogP contribution in [0.15, 0.2) is 36.4 Å². The molecule has 0 aliphatic heterocycles. The Morgan fingerprint density at radius 2 is 2.07 bits per heavy atom. The number of aryl methyl sites for hydroxylation is 1. The Balaban J connectivity index is 2.67. The van der Waals surface area contributed by atoms with Crippen LogP contribution in [0.2, 0.25) is 0 Å². The van der Waals surface area contributed by atoms with Crippen molar-refractivity contribution < 1.29 is 9.53 Å². The zero-order valence-electron chi connectivity index (χ0n) is 9.25. The molecule has 15 heavy (non-hydrogen) atoms. The Kier molecular flexibility index (Phi) is 4.10. The summed E-state index contributed by atoms with van der Waals surface area (Å²) in [5.74, 6) is 0.283. The summed E-state index contributed by atoms with van der Waals surface area (Å²) in [4.78, 5) is 11.5. The second-order valence-electron chi connectivity index (χ2n) is 3.51. The maximum absolute atomic E-state index is 11.5. The van der Waals surface area contributed by atoms with Gasteiger partial charge in [-0.05, 0) is 25.0 Å². The van der Waals surface area contributed by atoms with Gasteiger partial charge < -0.3 is 4.74 Å². The van der Waals surface area contributed by atoms with Gasteiger partial charge in [0, 0.05) is 5.57 Å². The zero-order chi connectivity index (χ0) is 11.3. The van der Waals surface area contributed by atoms with Crippen molar-refractivity contribution >= 4 is 5.97 Å². The lowest BCUT2D eigenvalue weighted by Crippen LogP contribution is -2.10. The number of hydrogen-bond acceptors (Lipinski definition) is 2. The highest BCUT2D eigenvalue weighted by Gasteiger charge is 2.09. The maximum atomic E-state index is 11.5. The highest BCUT2D eigenvalue weighted by atomic mass is 16.5. The van der Waals surface area contributed by atoms with Crippen LogP contribution in [-0.4, -0.2) is 5.97 Å². The number of rotatable bonds is 4. The molecule has 0 bridgehead atoms. The van der Waals surface area contributed by atoms with Crippen LogP contribution >= 0.6 is 0 Å². The first-order valence-corrected chi connectivity index (χ1v) is 5.10. The standard InChI is InChI=1S/C13H16O2/c1-4-7-11(3)13(14)15-12-9-6-5-8-10(12)2/h5-6,8-9H,3-4,7H2,1-2H3. The molecule has 0 aliphatic carbocycles. The highest BCUT2D eigenvalue weighted by Crippen LogP contribution is 2.18. The van der Waals surface area contributed by atoms with Gasteiger partial charge in [-0.25, -0.2) is 4.79 Å². The first-order chi connectivity index (χ1) is 7.15. The first-order valence-electron chi connectivity index (χ1n) is 5.10. The second kappa shape index (κ2) is 5.35. The Labute approximate surface area is 90.6 Å². The lowest BCUT2D eigenvalue weighted by atomic mass is 10.2. The van der Waals surface area contributed by atoms with Crippen LogP contribution in [0.25, 0.3) is 0 Å². The molecule has 0 atom stereocenters. The van der Waals surface area contributed by atoms with E-state index in [1.165, 1.54) is 0 Å². The minimum absolute atomic E-state index is 0.328. The topological polar surface area (TPSA) is 26.3 Å². The Morgan fingerprint density at radius 3 is 2.67 bits per heavy atom. The summed E-state index contributed by atoms with van der Waals surface area (Å²) < 4.78 is 5.22. The van der Waals surface area contributed by atoms with Crippen LogP contribution in [-0.2, 0) is 4.79 Å². The van der Waals surface area contributed by atoms with Crippen molar-refractivity contribution in [1.29, 1.82) is 0 Å². The molecule has 80 valence electrons. The molecule has 1 aromatic carbocycles. The molecule has 0 unspecified atom stereocenters. The fourth-order valence-corrected chi connectivity index (χ4v) is 1.25. The smallest absolute Gasteiger partial charge is 0.338 e. The van der Waals surface area contributed by atoms with E-state index in [-0.39, 0.29) is 5.97 Å². The molecular formula is C13H16O2. The van der Waals surface area contributed by atoms with Crippen LogP contribution in [0.5, 0.6) is 5.75 Å². The molecule has 0 heterocycles. The number of carbonyl (C=O) groups is 1. The Morgan fingerprint density at radius 1 is 1.40 bits per heavy atom. The predicted octanol–water partition coefficient (Wildman–Crippen LogP) is 3.26. The Bertz CT molecular complexity index is 367. The zero-order valence-corrected chi connectivity index (χ0v) is 9.25. The van der Waals surface area contributed by atoms with Crippen molar-refractivity contribution in [2.45, 2.75) is 26.7 Å². The number of ether oxygens (including phenoxy) is 1. The van der Waals surface area contributed by atoms with Gasteiger partial charge in [0.25, 0.3) is 0 Å². The van der Waals surface area contributed by atoms with Gasteiger partial charge in [-0.1, -0.05) is 38.1 Å². The molecule has 1 aromatic rings. The summed E-state index contributed by atoms with van der Waals surface area (Å²) in [6.45, 7) is 7.61. The molecule has 0 aromatic heterocycles. The van der Waals surface area contributed by atoms with E-state index in [2.05, 4.69) is 6.58 Å². The molecule has 0 N–H and O–H groups in total. The number of hydrogen-bond donors (Lipinski definition) is 0. The largest absolute Gasteiger partial charge is 0.423 e. The summed E-state index contributed by atoms with van der Waals surface area (Å²) in [6, 6.07) is 7.45. The van der Waals surface area contributed by atoms with Crippen molar-refractivity contribution in [3.05, 3.63) is 42.0 Å². The van der Waals surface area contributed by atoms with E-state index in [1.807, 2.05) is 32.0 Å². The summed E-state index contributed by atoms with van der Waals surface area (Å²) in [5.41, 5.74) is 1.48. The highest BCUT2D eigenvalue weighted by molar-refractivity contribution is 5.89. The normalized spacial score (nSPS) is 9.73. The molecule has 2 heteroatoms. The molecular weight excluding hydrogens is 188 g/mol.